The fourth-order valence-corrected chi connectivity index (χ4v) is 1.36. The molecule has 1 aromatic carbocycles. The maximum atomic E-state index is 11.7. The maximum Gasteiger partial charge on any atom is 0.695 e. The fraction of sp³-hybridized carbons (Fsp3) is 0.364. The quantitative estimate of drug-likeness (QED) is 0.790. The molecule has 1 rings (SSSR count). The number of carbonyl (C=O) groups is 1. The van der Waals surface area contributed by atoms with Crippen molar-refractivity contribution in [1.82, 2.24) is 0 Å². The Kier molecular flexibility index (Phi) is 4.75. The zero-order chi connectivity index (χ0) is 12.9. The van der Waals surface area contributed by atoms with Crippen LogP contribution in [0.4, 0.5) is 0 Å². The monoisotopic (exact) mass is 257 g/mol. The van der Waals surface area contributed by atoms with Gasteiger partial charge in [0, 0.05) is 4.57 Å². The number of hydrogen-bond acceptors (Lipinski definition) is 4. The number of para-hydroxylation sites is 1. The summed E-state index contributed by atoms with van der Waals surface area (Å²) in [5, 5.41) is 0. The Bertz CT molecular complexity index is 402. The molecular weight excluding hydrogens is 243 g/mol. The summed E-state index contributed by atoms with van der Waals surface area (Å²) < 4.78 is 20.2. The van der Waals surface area contributed by atoms with Crippen molar-refractivity contribution in [3.8, 4) is 5.75 Å². The van der Waals surface area contributed by atoms with E-state index in [0.717, 1.165) is 0 Å². The van der Waals surface area contributed by atoms with E-state index in [-0.39, 0.29) is 0 Å². The minimum Gasteiger partial charge on any atom is -0.480 e. The van der Waals surface area contributed by atoms with Crippen LogP contribution in [0.3, 0.4) is 0 Å². The number of Topliss-reactive ketones (excluding diaryl/α,β-unsaturated/α-hetero) is 1. The van der Waals surface area contributed by atoms with Gasteiger partial charge >= 0.3 is 8.25 Å². The van der Waals surface area contributed by atoms with Crippen molar-refractivity contribution in [2.24, 2.45) is 0 Å². The van der Waals surface area contributed by atoms with Crippen LogP contribution >= 0.6 is 8.25 Å². The van der Waals surface area contributed by atoms with Crippen molar-refractivity contribution in [2.45, 2.75) is 19.4 Å². The third-order valence-corrected chi connectivity index (χ3v) is 2.44. The Morgan fingerprint density at radius 1 is 1.35 bits per heavy atom. The molecule has 1 atom stereocenters. The van der Waals surface area contributed by atoms with Crippen LogP contribution in [0, 0.1) is 0 Å². The maximum absolute atomic E-state index is 11.7. The van der Waals surface area contributed by atoms with Crippen LogP contribution < -0.4 is 4.74 Å². The molecule has 0 saturated carbocycles. The number of ether oxygens (including phenoxy) is 1. The third kappa shape index (κ3) is 4.61. The third-order valence-electron chi connectivity index (χ3n) is 2.09. The number of benzene rings is 1. The molecule has 6 heteroatoms. The number of rotatable bonds is 6. The zero-order valence-electron chi connectivity index (χ0n) is 9.62. The van der Waals surface area contributed by atoms with E-state index in [1.807, 2.05) is 6.07 Å². The first-order valence-electron chi connectivity index (χ1n) is 4.98. The van der Waals surface area contributed by atoms with Crippen LogP contribution in [-0.4, -0.2) is 22.9 Å². The van der Waals surface area contributed by atoms with Gasteiger partial charge in [-0.25, -0.2) is 0 Å². The lowest BCUT2D eigenvalue weighted by molar-refractivity contribution is -0.134. The van der Waals surface area contributed by atoms with Gasteiger partial charge in [-0.05, 0) is 26.0 Å². The van der Waals surface area contributed by atoms with E-state index >= 15 is 0 Å². The predicted octanol–water partition coefficient (Wildman–Crippen LogP) is 2.08. The molecule has 0 aliphatic carbocycles. The highest BCUT2D eigenvalue weighted by Gasteiger charge is 2.32. The average molecular weight is 257 g/mol. The van der Waals surface area contributed by atoms with Crippen LogP contribution in [0.5, 0.6) is 5.75 Å². The van der Waals surface area contributed by atoms with Crippen LogP contribution in [0.15, 0.2) is 30.3 Å². The second kappa shape index (κ2) is 5.87. The molecule has 0 aliphatic heterocycles. The van der Waals surface area contributed by atoms with Gasteiger partial charge in [-0.15, -0.1) is 9.42 Å². The standard InChI is InChI=1S/C11H13O5P/c1-11(2,10(12)8-15-17(13)14)16-9-6-4-3-5-7-9/h3-7H,8H2,1-2H3/p+1. The molecule has 0 amide bonds. The first-order valence-corrected chi connectivity index (χ1v) is 6.11. The lowest BCUT2D eigenvalue weighted by atomic mass is 10.0. The largest absolute Gasteiger partial charge is 0.695 e. The Labute approximate surface area is 100 Å². The minimum atomic E-state index is -2.77. The lowest BCUT2D eigenvalue weighted by Crippen LogP contribution is -2.40. The van der Waals surface area contributed by atoms with E-state index in [2.05, 4.69) is 4.52 Å². The highest BCUT2D eigenvalue weighted by atomic mass is 31.1. The van der Waals surface area contributed by atoms with E-state index in [9.17, 15) is 9.36 Å². The van der Waals surface area contributed by atoms with Gasteiger partial charge in [0.25, 0.3) is 0 Å². The molecule has 0 spiro atoms. The van der Waals surface area contributed by atoms with Crippen molar-refractivity contribution in [1.29, 1.82) is 0 Å². The Morgan fingerprint density at radius 2 is 1.94 bits per heavy atom. The van der Waals surface area contributed by atoms with Crippen LogP contribution in [-0.2, 0) is 13.9 Å². The number of carbonyl (C=O) groups excluding carboxylic acids is 1. The second-order valence-corrected chi connectivity index (χ2v) is 4.59. The smallest absolute Gasteiger partial charge is 0.480 e. The molecule has 0 bridgehead atoms. The summed E-state index contributed by atoms with van der Waals surface area (Å²) in [5.41, 5.74) is -1.10. The van der Waals surface area contributed by atoms with Crippen LogP contribution in [0.25, 0.3) is 0 Å². The van der Waals surface area contributed by atoms with Gasteiger partial charge < -0.3 is 4.74 Å². The van der Waals surface area contributed by atoms with Gasteiger partial charge in [0.15, 0.2) is 12.2 Å². The van der Waals surface area contributed by atoms with Gasteiger partial charge in [0.2, 0.25) is 5.78 Å². The summed E-state index contributed by atoms with van der Waals surface area (Å²) in [6.45, 7) is 2.71. The molecule has 1 aromatic rings. The Hall–Kier alpha value is -1.29. The predicted molar refractivity (Wildman–Crippen MR) is 61.9 cm³/mol. The first-order chi connectivity index (χ1) is 7.92. The van der Waals surface area contributed by atoms with Crippen LogP contribution in [0.1, 0.15) is 13.8 Å². The Morgan fingerprint density at radius 3 is 2.47 bits per heavy atom. The normalized spacial score (nSPS) is 12.1. The Balaban J connectivity index is 2.61. The molecule has 1 unspecified atom stereocenters. The van der Waals surface area contributed by atoms with E-state index in [1.54, 1.807) is 38.1 Å². The zero-order valence-corrected chi connectivity index (χ0v) is 10.5. The summed E-state index contributed by atoms with van der Waals surface area (Å²) >= 11 is 0. The van der Waals surface area contributed by atoms with Crippen LogP contribution in [0.2, 0.25) is 0 Å². The minimum absolute atomic E-state index is 0.404. The molecule has 1 N–H and O–H groups in total. The van der Waals surface area contributed by atoms with Crippen molar-refractivity contribution in [3.63, 3.8) is 0 Å². The molecule has 0 aliphatic rings. The second-order valence-electron chi connectivity index (χ2n) is 3.86. The summed E-state index contributed by atoms with van der Waals surface area (Å²) in [7, 11) is -2.77. The van der Waals surface area contributed by atoms with Crippen molar-refractivity contribution in [2.75, 3.05) is 6.61 Å². The average Bonchev–Trinajstić information content (AvgIpc) is 2.26. The van der Waals surface area contributed by atoms with E-state index in [1.165, 1.54) is 0 Å². The molecule has 92 valence electrons. The topological polar surface area (TPSA) is 72.8 Å². The van der Waals surface area contributed by atoms with E-state index in [0.29, 0.717) is 5.75 Å². The fourth-order valence-electron chi connectivity index (χ4n) is 1.13. The van der Waals surface area contributed by atoms with Gasteiger partial charge in [0.05, 0.1) is 0 Å². The highest BCUT2D eigenvalue weighted by Crippen LogP contribution is 2.21. The van der Waals surface area contributed by atoms with Gasteiger partial charge in [-0.2, -0.15) is 0 Å². The van der Waals surface area contributed by atoms with E-state index in [4.69, 9.17) is 9.63 Å². The summed E-state index contributed by atoms with van der Waals surface area (Å²) in [6, 6.07) is 8.86. The molecule has 0 aromatic heterocycles. The van der Waals surface area contributed by atoms with Gasteiger partial charge in [-0.3, -0.25) is 4.79 Å². The molecule has 0 saturated heterocycles. The molecule has 17 heavy (non-hydrogen) atoms. The van der Waals surface area contributed by atoms with E-state index < -0.39 is 26.2 Å². The number of hydrogen-bond donors (Lipinski definition) is 1. The summed E-state index contributed by atoms with van der Waals surface area (Å²) in [6.07, 6.45) is 0. The van der Waals surface area contributed by atoms with Gasteiger partial charge in [-0.1, -0.05) is 18.2 Å². The van der Waals surface area contributed by atoms with Crippen molar-refractivity contribution < 1.29 is 23.5 Å². The highest BCUT2D eigenvalue weighted by molar-refractivity contribution is 7.32. The summed E-state index contributed by atoms with van der Waals surface area (Å²) in [5.74, 6) is 0.151. The molecule has 5 nitrogen and oxygen atoms in total. The SMILES string of the molecule is CC(C)(Oc1ccccc1)C(=O)CO[P+](=O)O. The molecule has 0 radical (unpaired) electrons. The van der Waals surface area contributed by atoms with Crippen molar-refractivity contribution >= 4 is 14.0 Å². The molecule has 0 fully saturated rings. The number of ketones is 1. The van der Waals surface area contributed by atoms with Gasteiger partial charge in [0.1, 0.15) is 5.75 Å². The first kappa shape index (κ1) is 13.8. The van der Waals surface area contributed by atoms with Crippen molar-refractivity contribution in [3.05, 3.63) is 30.3 Å². The lowest BCUT2D eigenvalue weighted by Gasteiger charge is -2.23. The summed E-state index contributed by atoms with van der Waals surface area (Å²) in [4.78, 5) is 20.1. The molecular formula is C11H14O5P+. The molecule has 0 heterocycles.